The second-order valence-corrected chi connectivity index (χ2v) is 11.6. The average molecular weight is 506 g/mol. The monoisotopic (exact) mass is 505 g/mol. The first-order valence-electron chi connectivity index (χ1n) is 12.7. The largest absolute Gasteiger partial charge is 0.457 e. The van der Waals surface area contributed by atoms with Crippen LogP contribution in [0.25, 0.3) is 6.08 Å². The van der Waals surface area contributed by atoms with Gasteiger partial charge in [-0.15, -0.1) is 11.3 Å². The Balaban J connectivity index is 2.37. The molecular formula is C28H43NO5S. The van der Waals surface area contributed by atoms with Crippen LogP contribution in [0, 0.1) is 24.2 Å². The summed E-state index contributed by atoms with van der Waals surface area (Å²) in [5.74, 6) is -1.48. The number of hydrogen-bond acceptors (Lipinski definition) is 7. The van der Waals surface area contributed by atoms with Crippen LogP contribution in [0.3, 0.4) is 0 Å². The highest BCUT2D eigenvalue weighted by atomic mass is 32.1. The van der Waals surface area contributed by atoms with Crippen LogP contribution in [0.4, 0.5) is 0 Å². The first-order chi connectivity index (χ1) is 16.4. The maximum absolute atomic E-state index is 13.2. The molecule has 2 heterocycles. The Morgan fingerprint density at radius 1 is 1.29 bits per heavy atom. The van der Waals surface area contributed by atoms with E-state index in [1.165, 1.54) is 5.57 Å². The first kappa shape index (κ1) is 29.4. The molecule has 6 nitrogen and oxygen atoms in total. The van der Waals surface area contributed by atoms with Gasteiger partial charge in [0.1, 0.15) is 11.9 Å². The van der Waals surface area contributed by atoms with Gasteiger partial charge in [0, 0.05) is 17.7 Å². The molecule has 1 aromatic heterocycles. The van der Waals surface area contributed by atoms with Crippen LogP contribution in [0.1, 0.15) is 90.8 Å². The lowest BCUT2D eigenvalue weighted by Gasteiger charge is -2.34. The fourth-order valence-electron chi connectivity index (χ4n) is 4.64. The molecule has 7 heteroatoms. The number of Topliss-reactive ketones (excluding diaryl/α,β-unsaturated/α-hetero) is 1. The first-order valence-corrected chi connectivity index (χ1v) is 13.6. The van der Waals surface area contributed by atoms with Crippen LogP contribution < -0.4 is 0 Å². The second kappa shape index (κ2) is 12.9. The van der Waals surface area contributed by atoms with E-state index >= 15 is 0 Å². The molecule has 3 unspecified atom stereocenters. The number of aliphatic hydroxyl groups excluding tert-OH is 2. The summed E-state index contributed by atoms with van der Waals surface area (Å²) in [5, 5.41) is 24.6. The molecule has 35 heavy (non-hydrogen) atoms. The normalized spacial score (nSPS) is 31.5. The highest BCUT2D eigenvalue weighted by Gasteiger charge is 2.42. The molecule has 1 aliphatic heterocycles. The van der Waals surface area contributed by atoms with Crippen molar-refractivity contribution in [1.29, 1.82) is 0 Å². The number of allylic oxidation sites excluding steroid dienone is 1. The highest BCUT2D eigenvalue weighted by molar-refractivity contribution is 7.09. The number of esters is 1. The van der Waals surface area contributed by atoms with E-state index in [0.29, 0.717) is 6.42 Å². The van der Waals surface area contributed by atoms with Crippen LogP contribution in [-0.2, 0) is 14.3 Å². The number of aliphatic hydroxyl groups is 2. The zero-order chi connectivity index (χ0) is 26.3. The summed E-state index contributed by atoms with van der Waals surface area (Å²) in [5.41, 5.74) is 1.81. The van der Waals surface area contributed by atoms with E-state index in [1.807, 2.05) is 32.2 Å². The second-order valence-electron chi connectivity index (χ2n) is 10.6. The van der Waals surface area contributed by atoms with E-state index in [2.05, 4.69) is 18.0 Å². The van der Waals surface area contributed by atoms with E-state index < -0.39 is 35.6 Å². The van der Waals surface area contributed by atoms with Gasteiger partial charge in [0.05, 0.1) is 34.7 Å². The van der Waals surface area contributed by atoms with Gasteiger partial charge < -0.3 is 14.9 Å². The van der Waals surface area contributed by atoms with Crippen LogP contribution in [0.15, 0.2) is 22.6 Å². The SMILES string of the molecule is CC/C1=C/CC(/C(C)=C/c2csc(C)n2)OC(=O)CC(O)C(C)(C)C(=O)C(C)[C@@H](O)[C@@H](C)CCC1. The van der Waals surface area contributed by atoms with E-state index in [0.717, 1.165) is 42.0 Å². The molecule has 0 fully saturated rings. The third-order valence-corrected chi connectivity index (χ3v) is 8.15. The number of carbonyl (C=O) groups excluding carboxylic acids is 2. The van der Waals surface area contributed by atoms with E-state index in [4.69, 9.17) is 4.74 Å². The Morgan fingerprint density at radius 2 is 1.97 bits per heavy atom. The number of thiazole rings is 1. The lowest BCUT2D eigenvalue weighted by Crippen LogP contribution is -2.45. The molecule has 0 amide bonds. The lowest BCUT2D eigenvalue weighted by molar-refractivity contribution is -0.154. The molecule has 196 valence electrons. The van der Waals surface area contributed by atoms with Crippen LogP contribution in [0.5, 0.6) is 0 Å². The number of cyclic esters (lactones) is 1. The fourth-order valence-corrected chi connectivity index (χ4v) is 5.21. The molecule has 5 atom stereocenters. The number of aromatic nitrogens is 1. The topological polar surface area (TPSA) is 96.7 Å². The zero-order valence-corrected chi connectivity index (χ0v) is 23.2. The quantitative estimate of drug-likeness (QED) is 0.407. The fraction of sp³-hybridized carbons (Fsp3) is 0.679. The molecule has 0 aliphatic carbocycles. The smallest absolute Gasteiger partial charge is 0.309 e. The summed E-state index contributed by atoms with van der Waals surface area (Å²) in [6, 6.07) is 0. The standard InChI is InChI=1S/C28H43NO5S/c1-8-21-11-9-10-17(2)26(32)19(4)27(33)28(6,7)24(30)15-25(31)34-23(13-12-21)18(3)14-22-16-35-20(5)29-22/h12,14,16-17,19,23-24,26,30,32H,8-11,13,15H2,1-7H3/b18-14+,21-12-/t17-,19?,23?,24?,26-/m0/s1. The van der Waals surface area contributed by atoms with Crippen molar-refractivity contribution >= 4 is 29.2 Å². The van der Waals surface area contributed by atoms with Crippen LogP contribution in [-0.4, -0.2) is 45.3 Å². The Hall–Kier alpha value is -1.83. The number of ketones is 1. The van der Waals surface area contributed by atoms with Crippen molar-refractivity contribution < 1.29 is 24.5 Å². The van der Waals surface area contributed by atoms with E-state index in [1.54, 1.807) is 32.1 Å². The number of nitrogens with zero attached hydrogens (tertiary/aromatic N) is 1. The molecule has 0 saturated carbocycles. The Labute approximate surface area is 214 Å². The molecule has 2 rings (SSSR count). The predicted octanol–water partition coefficient (Wildman–Crippen LogP) is 5.66. The third kappa shape index (κ3) is 8.09. The summed E-state index contributed by atoms with van der Waals surface area (Å²) in [4.78, 5) is 30.6. The van der Waals surface area contributed by atoms with Crippen molar-refractivity contribution in [2.45, 2.75) is 105 Å². The van der Waals surface area contributed by atoms with Crippen molar-refractivity contribution in [3.63, 3.8) is 0 Å². The number of hydrogen-bond donors (Lipinski definition) is 2. The maximum Gasteiger partial charge on any atom is 0.309 e. The van der Waals surface area contributed by atoms with Crippen molar-refractivity contribution in [1.82, 2.24) is 4.98 Å². The van der Waals surface area contributed by atoms with Crippen LogP contribution >= 0.6 is 11.3 Å². The van der Waals surface area contributed by atoms with Gasteiger partial charge in [0.15, 0.2) is 0 Å². The molecule has 0 bridgehead atoms. The summed E-state index contributed by atoms with van der Waals surface area (Å²) in [7, 11) is 0. The van der Waals surface area contributed by atoms with Crippen molar-refractivity contribution in [3.8, 4) is 0 Å². The molecular weight excluding hydrogens is 462 g/mol. The Morgan fingerprint density at radius 3 is 2.57 bits per heavy atom. The average Bonchev–Trinajstić information content (AvgIpc) is 3.21. The zero-order valence-electron chi connectivity index (χ0n) is 22.3. The van der Waals surface area contributed by atoms with Gasteiger partial charge >= 0.3 is 5.97 Å². The van der Waals surface area contributed by atoms with Crippen molar-refractivity contribution in [2.75, 3.05) is 0 Å². The van der Waals surface area contributed by atoms with Gasteiger partial charge in [-0.3, -0.25) is 9.59 Å². The minimum absolute atomic E-state index is 0.0441. The van der Waals surface area contributed by atoms with Crippen LogP contribution in [0.2, 0.25) is 0 Å². The molecule has 0 radical (unpaired) electrons. The molecule has 0 spiro atoms. The molecule has 1 aromatic rings. The van der Waals surface area contributed by atoms with Crippen molar-refractivity contribution in [3.05, 3.63) is 33.3 Å². The minimum Gasteiger partial charge on any atom is -0.457 e. The molecule has 0 saturated heterocycles. The maximum atomic E-state index is 13.2. The summed E-state index contributed by atoms with van der Waals surface area (Å²) in [6.45, 7) is 12.9. The lowest BCUT2D eigenvalue weighted by atomic mass is 9.73. The van der Waals surface area contributed by atoms with Gasteiger partial charge in [0.2, 0.25) is 0 Å². The van der Waals surface area contributed by atoms with Gasteiger partial charge in [-0.1, -0.05) is 46.3 Å². The van der Waals surface area contributed by atoms with Gasteiger partial charge in [-0.25, -0.2) is 4.98 Å². The Bertz CT molecular complexity index is 932. The summed E-state index contributed by atoms with van der Waals surface area (Å²) < 4.78 is 5.85. The Kier molecular flexibility index (Phi) is 10.9. The molecule has 1 aliphatic rings. The van der Waals surface area contributed by atoms with E-state index in [-0.39, 0.29) is 18.1 Å². The number of carbonyl (C=O) groups is 2. The summed E-state index contributed by atoms with van der Waals surface area (Å²) >= 11 is 1.57. The summed E-state index contributed by atoms with van der Waals surface area (Å²) in [6.07, 6.45) is 5.35. The van der Waals surface area contributed by atoms with Crippen molar-refractivity contribution in [2.24, 2.45) is 17.3 Å². The van der Waals surface area contributed by atoms with Gasteiger partial charge in [-0.2, -0.15) is 0 Å². The number of ether oxygens (including phenoxy) is 1. The minimum atomic E-state index is -1.21. The molecule has 2 N–H and O–H groups in total. The number of aryl methyl sites for hydroxylation is 1. The van der Waals surface area contributed by atoms with Gasteiger partial charge in [-0.05, 0) is 57.1 Å². The predicted molar refractivity (Wildman–Crippen MR) is 141 cm³/mol. The highest BCUT2D eigenvalue weighted by Crippen LogP contribution is 2.32. The van der Waals surface area contributed by atoms with Gasteiger partial charge in [0.25, 0.3) is 0 Å². The van der Waals surface area contributed by atoms with E-state index in [9.17, 15) is 19.8 Å². The third-order valence-electron chi connectivity index (χ3n) is 7.36. The number of rotatable bonds is 3. The molecule has 0 aromatic carbocycles.